The maximum absolute atomic E-state index is 12.3. The third kappa shape index (κ3) is 4.28. The summed E-state index contributed by atoms with van der Waals surface area (Å²) in [4.78, 5) is 18.1. The lowest BCUT2D eigenvalue weighted by Gasteiger charge is -2.26. The predicted octanol–water partition coefficient (Wildman–Crippen LogP) is 3.32. The van der Waals surface area contributed by atoms with Gasteiger partial charge in [-0.1, -0.05) is 0 Å². The van der Waals surface area contributed by atoms with E-state index in [0.29, 0.717) is 18.0 Å². The van der Waals surface area contributed by atoms with Crippen molar-refractivity contribution in [3.05, 3.63) is 28.5 Å². The summed E-state index contributed by atoms with van der Waals surface area (Å²) < 4.78 is 0.810. The monoisotopic (exact) mass is 318 g/mol. The van der Waals surface area contributed by atoms with Crippen molar-refractivity contribution in [3.63, 3.8) is 0 Å². The Bertz CT molecular complexity index is 385. The first-order valence-electron chi connectivity index (χ1n) is 5.53. The third-order valence-corrected chi connectivity index (χ3v) is 3.07. The van der Waals surface area contributed by atoms with Gasteiger partial charge in [0.1, 0.15) is 0 Å². The fraction of sp³-hybridized carbons (Fsp3) is 0.500. The van der Waals surface area contributed by atoms with Crippen LogP contribution in [0.1, 0.15) is 30.6 Å². The van der Waals surface area contributed by atoms with Crippen LogP contribution < -0.4 is 0 Å². The summed E-state index contributed by atoms with van der Waals surface area (Å²) in [5, 5.41) is 0. The van der Waals surface area contributed by atoms with Crippen LogP contribution in [0, 0.1) is 0 Å². The highest BCUT2D eigenvalue weighted by Crippen LogP contribution is 2.13. The average Bonchev–Trinajstić information content (AvgIpc) is 2.29. The van der Waals surface area contributed by atoms with Crippen LogP contribution in [-0.2, 0) is 0 Å². The van der Waals surface area contributed by atoms with Gasteiger partial charge in [0.05, 0.1) is 5.56 Å². The number of amides is 1. The van der Waals surface area contributed by atoms with E-state index in [0.717, 1.165) is 10.9 Å². The second-order valence-corrected chi connectivity index (χ2v) is 5.32. The van der Waals surface area contributed by atoms with Crippen molar-refractivity contribution in [3.8, 4) is 0 Å². The zero-order chi connectivity index (χ0) is 12.8. The summed E-state index contributed by atoms with van der Waals surface area (Å²) in [5.74, 6) is 0.562. The maximum atomic E-state index is 12.3. The van der Waals surface area contributed by atoms with Gasteiger partial charge in [-0.25, -0.2) is 0 Å². The number of pyridine rings is 1. The minimum absolute atomic E-state index is 0.00100. The van der Waals surface area contributed by atoms with Gasteiger partial charge in [-0.05, 0) is 42.3 Å². The van der Waals surface area contributed by atoms with Crippen LogP contribution in [0.2, 0.25) is 0 Å². The largest absolute Gasteiger partial charge is 0.336 e. The number of carbonyl (C=O) groups excluding carboxylic acids is 1. The van der Waals surface area contributed by atoms with E-state index >= 15 is 0 Å². The van der Waals surface area contributed by atoms with Gasteiger partial charge in [-0.15, -0.1) is 11.6 Å². The molecule has 94 valence electrons. The summed E-state index contributed by atoms with van der Waals surface area (Å²) in [7, 11) is 0. The van der Waals surface area contributed by atoms with Crippen LogP contribution in [0.5, 0.6) is 0 Å². The summed E-state index contributed by atoms with van der Waals surface area (Å²) in [6.07, 6.45) is 4.05. The minimum Gasteiger partial charge on any atom is -0.336 e. The molecule has 0 aliphatic rings. The molecule has 1 rings (SSSR count). The summed E-state index contributed by atoms with van der Waals surface area (Å²) >= 11 is 8.98. The van der Waals surface area contributed by atoms with E-state index in [1.165, 1.54) is 0 Å². The van der Waals surface area contributed by atoms with E-state index < -0.39 is 0 Å². The van der Waals surface area contributed by atoms with Crippen molar-refractivity contribution in [1.29, 1.82) is 0 Å². The summed E-state index contributed by atoms with van der Waals surface area (Å²) in [6, 6.07) is 1.94. The molecule has 1 heterocycles. The first kappa shape index (κ1) is 14.5. The molecule has 0 saturated heterocycles. The topological polar surface area (TPSA) is 33.2 Å². The molecule has 0 unspecified atom stereocenters. The molecule has 17 heavy (non-hydrogen) atoms. The van der Waals surface area contributed by atoms with Crippen LogP contribution in [-0.4, -0.2) is 34.3 Å². The fourth-order valence-electron chi connectivity index (χ4n) is 1.52. The lowest BCUT2D eigenvalue weighted by Crippen LogP contribution is -2.37. The molecule has 0 fully saturated rings. The first-order valence-corrected chi connectivity index (χ1v) is 6.86. The summed E-state index contributed by atoms with van der Waals surface area (Å²) in [5.41, 5.74) is 0.600. The Balaban J connectivity index is 2.84. The highest BCUT2D eigenvalue weighted by atomic mass is 79.9. The van der Waals surface area contributed by atoms with Crippen molar-refractivity contribution in [2.45, 2.75) is 26.3 Å². The Labute approximate surface area is 115 Å². The van der Waals surface area contributed by atoms with E-state index in [1.807, 2.05) is 18.7 Å². The molecule has 5 heteroatoms. The van der Waals surface area contributed by atoms with Crippen LogP contribution in [0.4, 0.5) is 0 Å². The van der Waals surface area contributed by atoms with E-state index in [-0.39, 0.29) is 11.9 Å². The van der Waals surface area contributed by atoms with Gasteiger partial charge in [0.2, 0.25) is 0 Å². The Morgan fingerprint density at radius 2 is 2.24 bits per heavy atom. The van der Waals surface area contributed by atoms with Crippen molar-refractivity contribution in [1.82, 2.24) is 9.88 Å². The zero-order valence-corrected chi connectivity index (χ0v) is 12.3. The van der Waals surface area contributed by atoms with Gasteiger partial charge in [0.15, 0.2) is 0 Å². The number of carbonyl (C=O) groups is 1. The minimum atomic E-state index is -0.00100. The Kier molecular flexibility index (Phi) is 5.92. The van der Waals surface area contributed by atoms with Gasteiger partial charge in [-0.3, -0.25) is 9.78 Å². The molecule has 1 aromatic heterocycles. The Morgan fingerprint density at radius 3 is 2.76 bits per heavy atom. The van der Waals surface area contributed by atoms with E-state index in [4.69, 9.17) is 11.6 Å². The number of aromatic nitrogens is 1. The highest BCUT2D eigenvalue weighted by Gasteiger charge is 2.18. The maximum Gasteiger partial charge on any atom is 0.255 e. The molecule has 0 aromatic carbocycles. The summed E-state index contributed by atoms with van der Waals surface area (Å²) in [6.45, 7) is 4.67. The van der Waals surface area contributed by atoms with E-state index in [1.54, 1.807) is 18.5 Å². The molecule has 1 aromatic rings. The molecule has 0 saturated carbocycles. The standard InChI is InChI=1S/C12H16BrClN2O/c1-9(2)16(5-3-4-14)12(17)10-6-11(13)8-15-7-10/h6-9H,3-5H2,1-2H3. The molecule has 0 bridgehead atoms. The zero-order valence-electron chi connectivity index (χ0n) is 9.99. The lowest BCUT2D eigenvalue weighted by atomic mass is 10.2. The molecular formula is C12H16BrClN2O. The first-order chi connectivity index (χ1) is 8.06. The quantitative estimate of drug-likeness (QED) is 0.780. The van der Waals surface area contributed by atoms with Crippen molar-refractivity contribution in [2.24, 2.45) is 0 Å². The predicted molar refractivity (Wildman–Crippen MR) is 73.4 cm³/mol. The number of halogens is 2. The highest BCUT2D eigenvalue weighted by molar-refractivity contribution is 9.10. The average molecular weight is 320 g/mol. The molecule has 0 atom stereocenters. The van der Waals surface area contributed by atoms with Crippen LogP contribution in [0.3, 0.4) is 0 Å². The molecular weight excluding hydrogens is 304 g/mol. The molecule has 0 aliphatic heterocycles. The third-order valence-electron chi connectivity index (χ3n) is 2.37. The number of rotatable bonds is 5. The van der Waals surface area contributed by atoms with Gasteiger partial charge in [-0.2, -0.15) is 0 Å². The normalized spacial score (nSPS) is 10.6. The van der Waals surface area contributed by atoms with E-state index in [9.17, 15) is 4.79 Å². The second kappa shape index (κ2) is 6.97. The van der Waals surface area contributed by atoms with Gasteiger partial charge >= 0.3 is 0 Å². The number of alkyl halides is 1. The molecule has 0 spiro atoms. The number of hydrogen-bond acceptors (Lipinski definition) is 2. The number of nitrogens with zero attached hydrogens (tertiary/aromatic N) is 2. The molecule has 3 nitrogen and oxygen atoms in total. The lowest BCUT2D eigenvalue weighted by molar-refractivity contribution is 0.0706. The van der Waals surface area contributed by atoms with Crippen LogP contribution in [0.15, 0.2) is 22.9 Å². The smallest absolute Gasteiger partial charge is 0.255 e. The molecule has 0 N–H and O–H groups in total. The number of hydrogen-bond donors (Lipinski definition) is 0. The van der Waals surface area contributed by atoms with Gasteiger partial charge in [0.25, 0.3) is 5.91 Å². The van der Waals surface area contributed by atoms with Crippen LogP contribution >= 0.6 is 27.5 Å². The van der Waals surface area contributed by atoms with Gasteiger partial charge < -0.3 is 4.90 Å². The Morgan fingerprint density at radius 1 is 1.53 bits per heavy atom. The van der Waals surface area contributed by atoms with Crippen molar-refractivity contribution < 1.29 is 4.79 Å². The van der Waals surface area contributed by atoms with Crippen LogP contribution in [0.25, 0.3) is 0 Å². The molecule has 1 amide bonds. The van der Waals surface area contributed by atoms with Crippen molar-refractivity contribution >= 4 is 33.4 Å². The second-order valence-electron chi connectivity index (χ2n) is 4.03. The van der Waals surface area contributed by atoms with Crippen molar-refractivity contribution in [2.75, 3.05) is 12.4 Å². The SMILES string of the molecule is CC(C)N(CCCCl)C(=O)c1cncc(Br)c1. The van der Waals surface area contributed by atoms with E-state index in [2.05, 4.69) is 20.9 Å². The Hall–Kier alpha value is -0.610. The van der Waals surface area contributed by atoms with Gasteiger partial charge in [0, 0.05) is 35.3 Å². The molecule has 0 aliphatic carbocycles. The molecule has 0 radical (unpaired) electrons. The fourth-order valence-corrected chi connectivity index (χ4v) is 2.00.